The normalized spacial score (nSPS) is 14.0. The van der Waals surface area contributed by atoms with Gasteiger partial charge in [0.2, 0.25) is 0 Å². The zero-order chi connectivity index (χ0) is 11.6. The quantitative estimate of drug-likeness (QED) is 0.768. The Hall–Kier alpha value is -1.17. The van der Waals surface area contributed by atoms with Crippen LogP contribution in [-0.2, 0) is 6.42 Å². The highest BCUT2D eigenvalue weighted by atomic mass is 19.4. The Morgan fingerprint density at radius 3 is 1.93 bits per heavy atom. The maximum atomic E-state index is 12.6. The molecule has 0 heterocycles. The molecule has 0 saturated heterocycles. The molecular weight excluding hydrogens is 219 g/mol. The maximum absolute atomic E-state index is 12.6. The summed E-state index contributed by atoms with van der Waals surface area (Å²) in [6.07, 6.45) is -8.26. The Balaban J connectivity index is 2.81. The fraction of sp³-hybridized carbons (Fsp3) is 0.333. The molecule has 1 aromatic carbocycles. The molecule has 1 nitrogen and oxygen atoms in total. The van der Waals surface area contributed by atoms with Crippen molar-refractivity contribution in [3.05, 3.63) is 35.4 Å². The van der Waals surface area contributed by atoms with Gasteiger partial charge in [0.25, 0.3) is 0 Å². The summed E-state index contributed by atoms with van der Waals surface area (Å²) >= 11 is 0. The molecule has 0 aliphatic carbocycles. The molecule has 0 radical (unpaired) electrons. The van der Waals surface area contributed by atoms with E-state index in [4.69, 9.17) is 5.11 Å². The molecule has 0 amide bonds. The summed E-state index contributed by atoms with van der Waals surface area (Å²) in [6, 6.07) is 2.04. The molecule has 0 spiro atoms. The third-order valence-corrected chi connectivity index (χ3v) is 1.73. The van der Waals surface area contributed by atoms with E-state index >= 15 is 0 Å². The lowest BCUT2D eigenvalue weighted by atomic mass is 10.1. The number of hydrogen-bond donors (Lipinski definition) is 1. The van der Waals surface area contributed by atoms with Crippen LogP contribution in [0.1, 0.15) is 5.56 Å². The first-order valence-corrected chi connectivity index (χ1v) is 3.99. The van der Waals surface area contributed by atoms with Gasteiger partial charge in [0.05, 0.1) is 0 Å². The van der Waals surface area contributed by atoms with Crippen molar-refractivity contribution < 1.29 is 27.1 Å². The average molecular weight is 226 g/mol. The van der Waals surface area contributed by atoms with E-state index in [0.717, 1.165) is 12.1 Å². The minimum atomic E-state index is -4.79. The van der Waals surface area contributed by atoms with Crippen LogP contribution >= 0.6 is 0 Å². The van der Waals surface area contributed by atoms with Gasteiger partial charge in [0.15, 0.2) is 6.10 Å². The van der Waals surface area contributed by atoms with Gasteiger partial charge >= 0.3 is 6.18 Å². The molecule has 84 valence electrons. The monoisotopic (exact) mass is 226 g/mol. The summed E-state index contributed by atoms with van der Waals surface area (Å²) in [6.45, 7) is 0. The number of hydrogen-bond acceptors (Lipinski definition) is 1. The molecule has 0 aromatic heterocycles. The van der Waals surface area contributed by atoms with Crippen LogP contribution in [0.5, 0.6) is 0 Å². The molecule has 0 aliphatic heterocycles. The number of aliphatic hydroxyl groups excluding tert-OH is 1. The highest BCUT2D eigenvalue weighted by Crippen LogP contribution is 2.23. The largest absolute Gasteiger partial charge is 0.414 e. The second-order valence-electron chi connectivity index (χ2n) is 3.04. The van der Waals surface area contributed by atoms with Crippen molar-refractivity contribution >= 4 is 0 Å². The Bertz CT molecular complexity index is 327. The van der Waals surface area contributed by atoms with Crippen molar-refractivity contribution in [2.75, 3.05) is 0 Å². The van der Waals surface area contributed by atoms with Crippen molar-refractivity contribution in [2.24, 2.45) is 0 Å². The van der Waals surface area contributed by atoms with Gasteiger partial charge < -0.3 is 5.11 Å². The Kier molecular flexibility index (Phi) is 3.28. The van der Waals surface area contributed by atoms with Crippen LogP contribution in [-0.4, -0.2) is 17.4 Å². The van der Waals surface area contributed by atoms with Crippen molar-refractivity contribution in [1.29, 1.82) is 0 Å². The van der Waals surface area contributed by atoms with E-state index < -0.39 is 30.3 Å². The van der Waals surface area contributed by atoms with Gasteiger partial charge in [-0.05, 0) is 17.7 Å². The van der Waals surface area contributed by atoms with Crippen molar-refractivity contribution in [1.82, 2.24) is 0 Å². The SMILES string of the molecule is OC(Cc1cc(F)cc(F)c1)C(F)(F)F. The van der Waals surface area contributed by atoms with Crippen LogP contribution in [0.15, 0.2) is 18.2 Å². The predicted octanol–water partition coefficient (Wildman–Crippen LogP) is 2.43. The van der Waals surface area contributed by atoms with E-state index in [9.17, 15) is 22.0 Å². The van der Waals surface area contributed by atoms with Crippen LogP contribution in [0.4, 0.5) is 22.0 Å². The predicted molar refractivity (Wildman–Crippen MR) is 42.1 cm³/mol. The Morgan fingerprint density at radius 2 is 1.53 bits per heavy atom. The summed E-state index contributed by atoms with van der Waals surface area (Å²) in [5.74, 6) is -1.95. The maximum Gasteiger partial charge on any atom is 0.414 e. The number of aliphatic hydroxyl groups is 1. The number of rotatable bonds is 2. The molecule has 1 atom stereocenters. The van der Waals surface area contributed by atoms with Gasteiger partial charge in [-0.25, -0.2) is 8.78 Å². The van der Waals surface area contributed by atoms with Gasteiger partial charge in [-0.15, -0.1) is 0 Å². The molecule has 0 bridgehead atoms. The van der Waals surface area contributed by atoms with E-state index in [2.05, 4.69) is 0 Å². The molecule has 1 aromatic rings. The number of benzene rings is 1. The molecule has 1 unspecified atom stereocenters. The molecule has 1 N–H and O–H groups in total. The lowest BCUT2D eigenvalue weighted by Gasteiger charge is -2.14. The zero-order valence-corrected chi connectivity index (χ0v) is 7.35. The molecule has 6 heteroatoms. The van der Waals surface area contributed by atoms with E-state index in [1.807, 2.05) is 0 Å². The van der Waals surface area contributed by atoms with Crippen LogP contribution in [0.25, 0.3) is 0 Å². The topological polar surface area (TPSA) is 20.2 Å². The molecule has 0 saturated carbocycles. The van der Waals surface area contributed by atoms with Gasteiger partial charge in [-0.2, -0.15) is 13.2 Å². The van der Waals surface area contributed by atoms with E-state index in [0.29, 0.717) is 6.07 Å². The standard InChI is InChI=1S/C9H7F5O/c10-6-1-5(2-7(11)4-6)3-8(15)9(12,13)14/h1-2,4,8,15H,3H2. The molecule has 0 fully saturated rings. The van der Waals surface area contributed by atoms with Crippen LogP contribution in [0.2, 0.25) is 0 Å². The van der Waals surface area contributed by atoms with Crippen molar-refractivity contribution in [2.45, 2.75) is 18.7 Å². The highest BCUT2D eigenvalue weighted by molar-refractivity contribution is 5.18. The molecule has 1 rings (SSSR count). The van der Waals surface area contributed by atoms with Crippen molar-refractivity contribution in [3.8, 4) is 0 Å². The van der Waals surface area contributed by atoms with E-state index in [-0.39, 0.29) is 5.56 Å². The first-order valence-electron chi connectivity index (χ1n) is 3.99. The summed E-state index contributed by atoms with van der Waals surface area (Å²) in [5.41, 5.74) is -0.239. The number of alkyl halides is 3. The summed E-state index contributed by atoms with van der Waals surface area (Å²) < 4.78 is 60.8. The van der Waals surface area contributed by atoms with Crippen molar-refractivity contribution in [3.63, 3.8) is 0 Å². The second kappa shape index (κ2) is 4.14. The minimum absolute atomic E-state index is 0.239. The summed E-state index contributed by atoms with van der Waals surface area (Å²) in [5, 5.41) is 8.65. The molecule has 15 heavy (non-hydrogen) atoms. The van der Waals surface area contributed by atoms with Gasteiger partial charge in [-0.3, -0.25) is 0 Å². The van der Waals surface area contributed by atoms with E-state index in [1.165, 1.54) is 0 Å². The smallest absolute Gasteiger partial charge is 0.383 e. The van der Waals surface area contributed by atoms with Gasteiger partial charge in [0, 0.05) is 12.5 Å². The highest BCUT2D eigenvalue weighted by Gasteiger charge is 2.38. The first-order chi connectivity index (χ1) is 6.79. The fourth-order valence-electron chi connectivity index (χ4n) is 1.07. The minimum Gasteiger partial charge on any atom is -0.383 e. The summed E-state index contributed by atoms with van der Waals surface area (Å²) in [4.78, 5) is 0. The molecular formula is C9H7F5O. The lowest BCUT2D eigenvalue weighted by Crippen LogP contribution is -2.30. The second-order valence-corrected chi connectivity index (χ2v) is 3.04. The number of halogens is 5. The Labute approximate surface area is 82.1 Å². The summed E-state index contributed by atoms with van der Waals surface area (Å²) in [7, 11) is 0. The molecule has 0 aliphatic rings. The first kappa shape index (κ1) is 11.9. The zero-order valence-electron chi connectivity index (χ0n) is 7.35. The third-order valence-electron chi connectivity index (χ3n) is 1.73. The van der Waals surface area contributed by atoms with Gasteiger partial charge in [0.1, 0.15) is 11.6 Å². The third kappa shape index (κ3) is 3.47. The average Bonchev–Trinajstić information content (AvgIpc) is 1.99. The van der Waals surface area contributed by atoms with Crippen LogP contribution < -0.4 is 0 Å². The Morgan fingerprint density at radius 1 is 1.07 bits per heavy atom. The lowest BCUT2D eigenvalue weighted by molar-refractivity contribution is -0.203. The van der Waals surface area contributed by atoms with Crippen LogP contribution in [0.3, 0.4) is 0 Å². The fourth-order valence-corrected chi connectivity index (χ4v) is 1.07. The van der Waals surface area contributed by atoms with E-state index in [1.54, 1.807) is 0 Å². The van der Waals surface area contributed by atoms with Crippen LogP contribution in [0, 0.1) is 11.6 Å². The van der Waals surface area contributed by atoms with Gasteiger partial charge in [-0.1, -0.05) is 0 Å².